The van der Waals surface area contributed by atoms with E-state index in [2.05, 4.69) is 9.97 Å². The lowest BCUT2D eigenvalue weighted by Crippen LogP contribution is -2.27. The third kappa shape index (κ3) is 2.77. The monoisotopic (exact) mass is 387 g/mol. The molecular weight excluding hydrogens is 373 g/mol. The number of hydrogen-bond acceptors (Lipinski definition) is 4. The van der Waals surface area contributed by atoms with Crippen LogP contribution in [0, 0.1) is 0 Å². The highest BCUT2D eigenvalue weighted by molar-refractivity contribution is 6.42. The standard InChI is InChI=1S/C19H15Cl2N3O2/c1-19(2,3)26-18(25)24-15-7-5-4-6-10(15)16-17(24)23-14-9-12(21)11(20)8-13(14)22-16/h4-9H,1-3H3. The predicted octanol–water partition coefficient (Wildman–Crippen LogP) is 5.83. The van der Waals surface area contributed by atoms with E-state index in [1.807, 2.05) is 45.0 Å². The average molecular weight is 388 g/mol. The minimum absolute atomic E-state index is 0.382. The van der Waals surface area contributed by atoms with Gasteiger partial charge in [0.2, 0.25) is 0 Å². The summed E-state index contributed by atoms with van der Waals surface area (Å²) in [6, 6.07) is 10.8. The lowest BCUT2D eigenvalue weighted by Gasteiger charge is -2.20. The van der Waals surface area contributed by atoms with Crippen molar-refractivity contribution in [2.75, 3.05) is 0 Å². The van der Waals surface area contributed by atoms with E-state index < -0.39 is 11.7 Å². The number of carbonyl (C=O) groups excluding carboxylic acids is 1. The molecule has 0 aliphatic rings. The van der Waals surface area contributed by atoms with Gasteiger partial charge in [-0.05, 0) is 39.0 Å². The molecule has 0 radical (unpaired) electrons. The van der Waals surface area contributed by atoms with Crippen molar-refractivity contribution < 1.29 is 9.53 Å². The van der Waals surface area contributed by atoms with Gasteiger partial charge in [0, 0.05) is 5.39 Å². The van der Waals surface area contributed by atoms with Gasteiger partial charge in [-0.1, -0.05) is 41.4 Å². The first-order valence-electron chi connectivity index (χ1n) is 8.04. The number of rotatable bonds is 0. The Balaban J connectivity index is 2.09. The lowest BCUT2D eigenvalue weighted by molar-refractivity contribution is 0.0550. The van der Waals surface area contributed by atoms with Gasteiger partial charge < -0.3 is 4.74 Å². The van der Waals surface area contributed by atoms with E-state index in [0.717, 1.165) is 5.39 Å². The molecule has 5 nitrogen and oxygen atoms in total. The summed E-state index contributed by atoms with van der Waals surface area (Å²) in [6.45, 7) is 5.46. The van der Waals surface area contributed by atoms with Gasteiger partial charge in [0.25, 0.3) is 0 Å². The molecule has 7 heteroatoms. The quantitative estimate of drug-likeness (QED) is 0.380. The van der Waals surface area contributed by atoms with Crippen molar-refractivity contribution >= 4 is 62.4 Å². The van der Waals surface area contributed by atoms with Crippen LogP contribution in [0.15, 0.2) is 36.4 Å². The van der Waals surface area contributed by atoms with Crippen molar-refractivity contribution in [3.8, 4) is 0 Å². The molecule has 4 rings (SSSR count). The topological polar surface area (TPSA) is 57.0 Å². The molecule has 0 N–H and O–H groups in total. The van der Waals surface area contributed by atoms with Gasteiger partial charge in [-0.2, -0.15) is 0 Å². The summed E-state index contributed by atoms with van der Waals surface area (Å²) in [6.07, 6.45) is -0.502. The van der Waals surface area contributed by atoms with E-state index >= 15 is 0 Å². The number of aromatic nitrogens is 3. The molecule has 0 bridgehead atoms. The van der Waals surface area contributed by atoms with Crippen LogP contribution in [0.3, 0.4) is 0 Å². The summed E-state index contributed by atoms with van der Waals surface area (Å²) in [5.41, 5.74) is 2.25. The van der Waals surface area contributed by atoms with Crippen LogP contribution in [-0.2, 0) is 4.74 Å². The van der Waals surface area contributed by atoms with E-state index in [0.29, 0.717) is 37.8 Å². The summed E-state index contributed by atoms with van der Waals surface area (Å²) in [5.74, 6) is 0. The highest BCUT2D eigenvalue weighted by atomic mass is 35.5. The summed E-state index contributed by atoms with van der Waals surface area (Å²) >= 11 is 12.2. The van der Waals surface area contributed by atoms with Crippen LogP contribution >= 0.6 is 23.2 Å². The Labute approximate surface area is 159 Å². The number of benzene rings is 2. The van der Waals surface area contributed by atoms with Gasteiger partial charge in [-0.3, -0.25) is 0 Å². The van der Waals surface area contributed by atoms with Crippen LogP contribution in [0.4, 0.5) is 4.79 Å². The van der Waals surface area contributed by atoms with Crippen molar-refractivity contribution in [1.82, 2.24) is 14.5 Å². The van der Waals surface area contributed by atoms with Gasteiger partial charge >= 0.3 is 6.09 Å². The zero-order valence-corrected chi connectivity index (χ0v) is 15.9. The normalized spacial score (nSPS) is 12.2. The fourth-order valence-electron chi connectivity index (χ4n) is 2.85. The smallest absolute Gasteiger partial charge is 0.420 e. The molecule has 4 aromatic rings. The molecule has 0 fully saturated rings. The molecule has 2 heterocycles. The number of halogens is 2. The molecule has 2 aromatic heterocycles. The summed E-state index contributed by atoms with van der Waals surface area (Å²) in [7, 11) is 0. The SMILES string of the molecule is CC(C)(C)OC(=O)n1c2ccccc2c2nc3cc(Cl)c(Cl)cc3nc21. The molecule has 0 aliphatic heterocycles. The molecule has 0 saturated heterocycles. The van der Waals surface area contributed by atoms with E-state index in [9.17, 15) is 4.79 Å². The Morgan fingerprint density at radius 2 is 1.65 bits per heavy atom. The van der Waals surface area contributed by atoms with Crippen LogP contribution in [0.25, 0.3) is 33.1 Å². The number of fused-ring (bicyclic) bond motifs is 4. The molecule has 132 valence electrons. The van der Waals surface area contributed by atoms with Gasteiger partial charge in [-0.15, -0.1) is 0 Å². The molecule has 0 atom stereocenters. The third-order valence-electron chi connectivity index (χ3n) is 3.88. The predicted molar refractivity (Wildman–Crippen MR) is 104 cm³/mol. The van der Waals surface area contributed by atoms with Crippen LogP contribution < -0.4 is 0 Å². The molecule has 0 spiro atoms. The molecular formula is C19H15Cl2N3O2. The zero-order chi connectivity index (χ0) is 18.6. The second kappa shape index (κ2) is 5.83. The number of nitrogens with zero attached hydrogens (tertiary/aromatic N) is 3. The fourth-order valence-corrected chi connectivity index (χ4v) is 3.17. The van der Waals surface area contributed by atoms with Crippen LogP contribution in [0.2, 0.25) is 10.0 Å². The van der Waals surface area contributed by atoms with Gasteiger partial charge in [-0.25, -0.2) is 19.3 Å². The average Bonchev–Trinajstić information content (AvgIpc) is 2.86. The maximum absolute atomic E-state index is 12.8. The Hall–Kier alpha value is -2.37. The maximum Gasteiger partial charge on any atom is 0.420 e. The van der Waals surface area contributed by atoms with Crippen molar-refractivity contribution in [3.05, 3.63) is 46.4 Å². The number of hydrogen-bond donors (Lipinski definition) is 0. The highest BCUT2D eigenvalue weighted by Crippen LogP contribution is 2.31. The molecule has 0 amide bonds. The Bertz CT molecular complexity index is 1190. The van der Waals surface area contributed by atoms with Crippen LogP contribution in [-0.4, -0.2) is 26.2 Å². The minimum atomic E-state index is -0.629. The number of para-hydroxylation sites is 1. The van der Waals surface area contributed by atoms with Crippen LogP contribution in [0.5, 0.6) is 0 Å². The second-order valence-corrected chi connectivity index (χ2v) is 7.80. The molecule has 0 saturated carbocycles. The summed E-state index contributed by atoms with van der Waals surface area (Å²) < 4.78 is 7.01. The Morgan fingerprint density at radius 3 is 2.31 bits per heavy atom. The Morgan fingerprint density at radius 1 is 1.04 bits per heavy atom. The van der Waals surface area contributed by atoms with E-state index in [-0.39, 0.29) is 0 Å². The third-order valence-corrected chi connectivity index (χ3v) is 4.60. The molecule has 2 aromatic carbocycles. The summed E-state index contributed by atoms with van der Waals surface area (Å²) in [5, 5.41) is 1.60. The van der Waals surface area contributed by atoms with E-state index in [1.165, 1.54) is 4.57 Å². The first-order valence-corrected chi connectivity index (χ1v) is 8.79. The largest absolute Gasteiger partial charge is 0.443 e. The molecule has 0 aliphatic carbocycles. The highest BCUT2D eigenvalue weighted by Gasteiger charge is 2.24. The first-order chi connectivity index (χ1) is 12.2. The van der Waals surface area contributed by atoms with E-state index in [4.69, 9.17) is 27.9 Å². The van der Waals surface area contributed by atoms with Gasteiger partial charge in [0.05, 0.1) is 26.6 Å². The maximum atomic E-state index is 12.8. The van der Waals surface area contributed by atoms with Crippen molar-refractivity contribution in [1.29, 1.82) is 0 Å². The zero-order valence-electron chi connectivity index (χ0n) is 14.4. The first kappa shape index (κ1) is 17.1. The molecule has 0 unspecified atom stereocenters. The van der Waals surface area contributed by atoms with Gasteiger partial charge in [0.1, 0.15) is 11.1 Å². The van der Waals surface area contributed by atoms with E-state index in [1.54, 1.807) is 12.1 Å². The van der Waals surface area contributed by atoms with Gasteiger partial charge in [0.15, 0.2) is 5.65 Å². The summed E-state index contributed by atoms with van der Waals surface area (Å²) in [4.78, 5) is 22.1. The second-order valence-electron chi connectivity index (χ2n) is 6.98. The number of ether oxygens (including phenoxy) is 1. The number of carbonyl (C=O) groups is 1. The van der Waals surface area contributed by atoms with Crippen LogP contribution in [0.1, 0.15) is 20.8 Å². The fraction of sp³-hybridized carbons (Fsp3) is 0.211. The van der Waals surface area contributed by atoms with Crippen molar-refractivity contribution in [3.63, 3.8) is 0 Å². The minimum Gasteiger partial charge on any atom is -0.443 e. The lowest BCUT2D eigenvalue weighted by atomic mass is 10.2. The Kier molecular flexibility index (Phi) is 3.82. The van der Waals surface area contributed by atoms with Crippen molar-refractivity contribution in [2.24, 2.45) is 0 Å². The molecule has 26 heavy (non-hydrogen) atoms. The van der Waals surface area contributed by atoms with Crippen molar-refractivity contribution in [2.45, 2.75) is 26.4 Å².